The third-order valence-electron chi connectivity index (χ3n) is 3.91. The number of nitrogens with zero attached hydrogens (tertiary/aromatic N) is 7. The maximum atomic E-state index is 12.3. The van der Waals surface area contributed by atoms with Crippen LogP contribution in [0.25, 0.3) is 0 Å². The molecule has 1 fully saturated rings. The van der Waals surface area contributed by atoms with Crippen LogP contribution in [0.2, 0.25) is 0 Å². The van der Waals surface area contributed by atoms with E-state index in [4.69, 9.17) is 4.74 Å². The Morgan fingerprint density at radius 1 is 1.17 bits per heavy atom. The van der Waals surface area contributed by atoms with Crippen molar-refractivity contribution in [1.82, 2.24) is 35.0 Å². The van der Waals surface area contributed by atoms with Gasteiger partial charge in [-0.1, -0.05) is 5.21 Å². The molecule has 0 N–H and O–H groups in total. The van der Waals surface area contributed by atoms with Gasteiger partial charge in [-0.2, -0.15) is 5.10 Å². The smallest absolute Gasteiger partial charge is 0.276 e. The van der Waals surface area contributed by atoms with E-state index in [2.05, 4.69) is 25.4 Å². The molecule has 0 unspecified atom stereocenters. The highest BCUT2D eigenvalue weighted by atomic mass is 16.5. The molecule has 3 rings (SSSR count). The van der Waals surface area contributed by atoms with Crippen LogP contribution in [0.5, 0.6) is 5.88 Å². The number of rotatable bonds is 5. The molecule has 2 aromatic heterocycles. The average molecular weight is 331 g/mol. The second kappa shape index (κ2) is 7.35. The number of ether oxygens (including phenoxy) is 1. The average Bonchev–Trinajstić information content (AvgIpc) is 3.03. The summed E-state index contributed by atoms with van der Waals surface area (Å²) in [6.07, 6.45) is 1.64. The molecule has 0 saturated carbocycles. The van der Waals surface area contributed by atoms with Crippen molar-refractivity contribution in [2.24, 2.45) is 7.05 Å². The fourth-order valence-corrected chi connectivity index (χ4v) is 2.52. The predicted molar refractivity (Wildman–Crippen MR) is 85.6 cm³/mol. The third kappa shape index (κ3) is 4.05. The molecule has 0 bridgehead atoms. The van der Waals surface area contributed by atoms with Gasteiger partial charge >= 0.3 is 0 Å². The van der Waals surface area contributed by atoms with Crippen molar-refractivity contribution in [3.05, 3.63) is 29.7 Å². The Morgan fingerprint density at radius 2 is 1.96 bits per heavy atom. The first-order valence-corrected chi connectivity index (χ1v) is 7.93. The van der Waals surface area contributed by atoms with Crippen molar-refractivity contribution in [2.75, 3.05) is 39.3 Å². The summed E-state index contributed by atoms with van der Waals surface area (Å²) in [5, 5.41) is 15.6. The number of carbonyl (C=O) groups excluding carboxylic acids is 1. The lowest BCUT2D eigenvalue weighted by atomic mass is 10.3. The Labute approximate surface area is 140 Å². The zero-order chi connectivity index (χ0) is 16.9. The first-order valence-electron chi connectivity index (χ1n) is 7.93. The molecule has 0 aliphatic carbocycles. The summed E-state index contributed by atoms with van der Waals surface area (Å²) >= 11 is 0. The number of aromatic nitrogens is 5. The topological polar surface area (TPSA) is 89.3 Å². The van der Waals surface area contributed by atoms with Crippen LogP contribution < -0.4 is 4.74 Å². The van der Waals surface area contributed by atoms with Crippen LogP contribution in [0.3, 0.4) is 0 Å². The molecule has 24 heavy (non-hydrogen) atoms. The normalized spacial score (nSPS) is 15.5. The summed E-state index contributed by atoms with van der Waals surface area (Å²) in [6, 6.07) is 3.69. The van der Waals surface area contributed by atoms with Gasteiger partial charge < -0.3 is 9.64 Å². The number of amides is 1. The van der Waals surface area contributed by atoms with E-state index in [9.17, 15) is 4.79 Å². The van der Waals surface area contributed by atoms with E-state index in [1.165, 1.54) is 4.68 Å². The largest absolute Gasteiger partial charge is 0.475 e. The van der Waals surface area contributed by atoms with Crippen molar-refractivity contribution >= 4 is 5.91 Å². The van der Waals surface area contributed by atoms with Gasteiger partial charge in [0.25, 0.3) is 5.91 Å². The molecule has 0 spiro atoms. The van der Waals surface area contributed by atoms with Gasteiger partial charge in [-0.25, -0.2) is 0 Å². The first-order chi connectivity index (χ1) is 11.6. The van der Waals surface area contributed by atoms with Gasteiger partial charge in [-0.05, 0) is 13.0 Å². The second-order valence-electron chi connectivity index (χ2n) is 5.77. The van der Waals surface area contributed by atoms with E-state index in [0.717, 1.165) is 25.3 Å². The molecule has 0 radical (unpaired) electrons. The van der Waals surface area contributed by atoms with Gasteiger partial charge in [-0.3, -0.25) is 14.4 Å². The van der Waals surface area contributed by atoms with Gasteiger partial charge in [0.2, 0.25) is 5.88 Å². The fourth-order valence-electron chi connectivity index (χ4n) is 2.52. The van der Waals surface area contributed by atoms with Gasteiger partial charge in [0, 0.05) is 45.8 Å². The van der Waals surface area contributed by atoms with Crippen LogP contribution in [0.15, 0.2) is 18.3 Å². The zero-order valence-electron chi connectivity index (χ0n) is 13.9. The number of aryl methyl sites for hydroxylation is 2. The summed E-state index contributed by atoms with van der Waals surface area (Å²) in [4.78, 5) is 16.4. The molecule has 1 aliphatic heterocycles. The Hall–Kier alpha value is -2.55. The Balaban J connectivity index is 1.40. The zero-order valence-corrected chi connectivity index (χ0v) is 13.9. The summed E-state index contributed by atoms with van der Waals surface area (Å²) in [7, 11) is 1.75. The first kappa shape index (κ1) is 16.3. The molecule has 2 aromatic rings. The van der Waals surface area contributed by atoms with E-state index in [1.807, 2.05) is 24.0 Å². The van der Waals surface area contributed by atoms with E-state index >= 15 is 0 Å². The lowest BCUT2D eigenvalue weighted by Gasteiger charge is -2.34. The quantitative estimate of drug-likeness (QED) is 0.746. The maximum Gasteiger partial charge on any atom is 0.276 e. The van der Waals surface area contributed by atoms with Crippen LogP contribution in [-0.4, -0.2) is 80.2 Å². The molecule has 3 heterocycles. The van der Waals surface area contributed by atoms with Crippen LogP contribution in [0.1, 0.15) is 16.2 Å². The molecule has 0 aromatic carbocycles. The minimum Gasteiger partial charge on any atom is -0.475 e. The number of carbonyl (C=O) groups is 1. The summed E-state index contributed by atoms with van der Waals surface area (Å²) in [5.74, 6) is 0.478. The SMILES string of the molecule is Cc1ccc(OCCN2CCN(C(=O)c3cn(C)nn3)CC2)nn1. The predicted octanol–water partition coefficient (Wildman–Crippen LogP) is -0.250. The van der Waals surface area contributed by atoms with Gasteiger partial charge in [-0.15, -0.1) is 10.2 Å². The number of hydrogen-bond donors (Lipinski definition) is 0. The number of piperazine rings is 1. The van der Waals surface area contributed by atoms with Crippen molar-refractivity contribution in [2.45, 2.75) is 6.92 Å². The van der Waals surface area contributed by atoms with Crippen molar-refractivity contribution in [3.63, 3.8) is 0 Å². The molecule has 1 saturated heterocycles. The Bertz CT molecular complexity index is 677. The summed E-state index contributed by atoms with van der Waals surface area (Å²) in [6.45, 7) is 6.22. The molecule has 0 atom stereocenters. The molecule has 128 valence electrons. The molecular formula is C15H21N7O2. The van der Waals surface area contributed by atoms with Crippen molar-refractivity contribution < 1.29 is 9.53 Å². The highest BCUT2D eigenvalue weighted by Gasteiger charge is 2.23. The Morgan fingerprint density at radius 3 is 2.58 bits per heavy atom. The molecule has 1 amide bonds. The summed E-state index contributed by atoms with van der Waals surface area (Å²) in [5.41, 5.74) is 1.26. The number of hydrogen-bond acceptors (Lipinski definition) is 7. The van der Waals surface area contributed by atoms with Crippen molar-refractivity contribution in [1.29, 1.82) is 0 Å². The van der Waals surface area contributed by atoms with Crippen LogP contribution in [-0.2, 0) is 7.05 Å². The second-order valence-corrected chi connectivity index (χ2v) is 5.77. The van der Waals surface area contributed by atoms with Gasteiger partial charge in [0.1, 0.15) is 6.61 Å². The van der Waals surface area contributed by atoms with E-state index in [0.29, 0.717) is 31.3 Å². The Kier molecular flexibility index (Phi) is 4.99. The molecular weight excluding hydrogens is 310 g/mol. The van der Waals surface area contributed by atoms with E-state index in [1.54, 1.807) is 13.2 Å². The molecule has 9 heteroatoms. The van der Waals surface area contributed by atoms with Crippen LogP contribution >= 0.6 is 0 Å². The third-order valence-corrected chi connectivity index (χ3v) is 3.91. The van der Waals surface area contributed by atoms with Crippen LogP contribution in [0, 0.1) is 6.92 Å². The standard InChI is InChI=1S/C15H21N7O2/c1-12-3-4-14(18-16-12)24-10-9-21-5-7-22(8-6-21)15(23)13-11-20(2)19-17-13/h3-4,11H,5-10H2,1-2H3. The maximum absolute atomic E-state index is 12.3. The summed E-state index contributed by atoms with van der Waals surface area (Å²) < 4.78 is 7.13. The minimum absolute atomic E-state index is 0.0612. The lowest BCUT2D eigenvalue weighted by Crippen LogP contribution is -2.49. The molecule has 9 nitrogen and oxygen atoms in total. The van der Waals surface area contributed by atoms with Gasteiger partial charge in [0.15, 0.2) is 5.69 Å². The van der Waals surface area contributed by atoms with Gasteiger partial charge in [0.05, 0.1) is 11.9 Å². The molecule has 1 aliphatic rings. The van der Waals surface area contributed by atoms with E-state index in [-0.39, 0.29) is 5.91 Å². The minimum atomic E-state index is -0.0612. The highest BCUT2D eigenvalue weighted by molar-refractivity contribution is 5.92. The highest BCUT2D eigenvalue weighted by Crippen LogP contribution is 2.08. The van der Waals surface area contributed by atoms with Crippen molar-refractivity contribution in [3.8, 4) is 5.88 Å². The lowest BCUT2D eigenvalue weighted by molar-refractivity contribution is 0.0613. The van der Waals surface area contributed by atoms with E-state index < -0.39 is 0 Å². The monoisotopic (exact) mass is 331 g/mol. The fraction of sp³-hybridized carbons (Fsp3) is 0.533. The van der Waals surface area contributed by atoms with Crippen LogP contribution in [0.4, 0.5) is 0 Å².